The van der Waals surface area contributed by atoms with Gasteiger partial charge in [0, 0.05) is 23.8 Å². The number of benzene rings is 2. The molecule has 0 saturated carbocycles. The van der Waals surface area contributed by atoms with Crippen molar-refractivity contribution in [1.82, 2.24) is 15.5 Å². The summed E-state index contributed by atoms with van der Waals surface area (Å²) in [4.78, 5) is 42.5. The van der Waals surface area contributed by atoms with Crippen molar-refractivity contribution in [2.75, 3.05) is 25.7 Å². The molecule has 3 saturated heterocycles. The number of carbonyl (C=O) groups is 3. The molecule has 12 heteroatoms. The molecule has 0 bridgehead atoms. The Morgan fingerprint density at radius 1 is 1.15 bits per heavy atom. The second-order valence-corrected chi connectivity index (χ2v) is 14.7. The van der Waals surface area contributed by atoms with Gasteiger partial charge < -0.3 is 39.6 Å². The molecule has 3 N–H and O–H groups in total. The first kappa shape index (κ1) is 35.7. The highest BCUT2D eigenvalue weighted by atomic mass is 32.2. The van der Waals surface area contributed by atoms with Crippen molar-refractivity contribution in [3.05, 3.63) is 77.4 Å². The van der Waals surface area contributed by atoms with Gasteiger partial charge in [-0.05, 0) is 81.3 Å². The van der Waals surface area contributed by atoms with Crippen molar-refractivity contribution >= 4 is 29.7 Å². The smallest absolute Gasteiger partial charge is 0.407 e. The minimum Gasteiger partial charge on any atom is -0.490 e. The number of alkyl carbamates (subject to hydrolysis) is 1. The van der Waals surface area contributed by atoms with Gasteiger partial charge in [0.25, 0.3) is 5.91 Å². The standard InChI is InChI=1S/C36H47N3O8S/c1-6-16-44-25-14-12-24(13-15-25)18-28(38-35(43)47-29-20-46-34-26(29)11-8-17-45-34)30(40)33(42)39-21-48-36(4,5)31(39)32(41)37-19-27-22(2)9-7-10-23(27)3/h6-7,9-10,12-15,26,28-31,34,40H,1,8,11,16-21H2,2-5H3,(H,37,41)(H,38,43)/t26-,28-,29-,30-,31+,34+/m0/s1. The van der Waals surface area contributed by atoms with Crippen molar-refractivity contribution in [3.63, 3.8) is 0 Å². The summed E-state index contributed by atoms with van der Waals surface area (Å²) in [5.74, 6) is -0.196. The summed E-state index contributed by atoms with van der Waals surface area (Å²) in [7, 11) is 0. The van der Waals surface area contributed by atoms with Gasteiger partial charge in [-0.25, -0.2) is 4.79 Å². The van der Waals surface area contributed by atoms with Crippen LogP contribution in [-0.2, 0) is 36.8 Å². The van der Waals surface area contributed by atoms with Gasteiger partial charge in [-0.3, -0.25) is 9.59 Å². The van der Waals surface area contributed by atoms with E-state index in [9.17, 15) is 19.5 Å². The first-order valence-corrected chi connectivity index (χ1v) is 17.5. The summed E-state index contributed by atoms with van der Waals surface area (Å²) in [5.41, 5.74) is 3.91. The second kappa shape index (κ2) is 15.8. The van der Waals surface area contributed by atoms with Crippen molar-refractivity contribution in [3.8, 4) is 5.75 Å². The van der Waals surface area contributed by atoms with Gasteiger partial charge >= 0.3 is 6.09 Å². The molecule has 0 aliphatic carbocycles. The van der Waals surface area contributed by atoms with Crippen LogP contribution in [0.5, 0.6) is 5.75 Å². The number of aryl methyl sites for hydroxylation is 2. The number of hydrogen-bond acceptors (Lipinski definition) is 9. The normalized spacial score (nSPS) is 24.2. The Morgan fingerprint density at radius 3 is 2.58 bits per heavy atom. The van der Waals surface area contributed by atoms with E-state index in [0.717, 1.165) is 35.1 Å². The minimum atomic E-state index is -1.66. The predicted octanol–water partition coefficient (Wildman–Crippen LogP) is 4.01. The van der Waals surface area contributed by atoms with Crippen molar-refractivity contribution < 1.29 is 38.4 Å². The molecule has 3 aliphatic heterocycles. The fraction of sp³-hybridized carbons (Fsp3) is 0.528. The SMILES string of the molecule is C=CCOc1ccc(C[C@H](NC(=O)O[C@H]2CO[C@H]3OCCC[C@H]32)[C@H](O)C(=O)N2CSC(C)(C)[C@H]2C(=O)NCc2c(C)cccc2C)cc1. The van der Waals surface area contributed by atoms with E-state index < -0.39 is 47.3 Å². The topological polar surface area (TPSA) is 136 Å². The molecule has 3 fully saturated rings. The lowest BCUT2D eigenvalue weighted by molar-refractivity contribution is -0.152. The Balaban J connectivity index is 1.31. The van der Waals surface area contributed by atoms with E-state index in [4.69, 9.17) is 18.9 Å². The van der Waals surface area contributed by atoms with Gasteiger partial charge in [-0.1, -0.05) is 43.0 Å². The summed E-state index contributed by atoms with van der Waals surface area (Å²) in [6.07, 6.45) is 0.0723. The highest BCUT2D eigenvalue weighted by Crippen LogP contribution is 2.40. The lowest BCUT2D eigenvalue weighted by Gasteiger charge is -2.33. The number of amides is 3. The third-order valence-corrected chi connectivity index (χ3v) is 10.7. The van der Waals surface area contributed by atoms with E-state index in [1.807, 2.05) is 58.0 Å². The zero-order valence-electron chi connectivity index (χ0n) is 28.1. The molecular weight excluding hydrogens is 634 g/mol. The summed E-state index contributed by atoms with van der Waals surface area (Å²) in [5, 5.41) is 17.4. The molecule has 0 aromatic heterocycles. The van der Waals surface area contributed by atoms with Crippen LogP contribution in [0.4, 0.5) is 4.79 Å². The number of aliphatic hydroxyl groups excluding tert-OH is 1. The molecule has 0 radical (unpaired) electrons. The van der Waals surface area contributed by atoms with E-state index in [1.54, 1.807) is 18.2 Å². The fourth-order valence-electron chi connectivity index (χ4n) is 6.60. The number of nitrogens with zero attached hydrogens (tertiary/aromatic N) is 1. The Hall–Kier alpha value is -3.58. The van der Waals surface area contributed by atoms with Crippen LogP contribution >= 0.6 is 11.8 Å². The van der Waals surface area contributed by atoms with Crippen LogP contribution in [-0.4, -0.2) is 88.9 Å². The Labute approximate surface area is 286 Å². The number of hydrogen-bond donors (Lipinski definition) is 3. The Kier molecular flexibility index (Phi) is 11.7. The summed E-state index contributed by atoms with van der Waals surface area (Å²) in [6.45, 7) is 13.0. The lowest BCUT2D eigenvalue weighted by atomic mass is 9.96. The summed E-state index contributed by atoms with van der Waals surface area (Å²) >= 11 is 1.46. The fourth-order valence-corrected chi connectivity index (χ4v) is 7.74. The van der Waals surface area contributed by atoms with Gasteiger partial charge in [0.2, 0.25) is 5.91 Å². The van der Waals surface area contributed by atoms with Gasteiger partial charge in [0.05, 0.1) is 18.5 Å². The summed E-state index contributed by atoms with van der Waals surface area (Å²) in [6, 6.07) is 11.2. The first-order chi connectivity index (χ1) is 23.0. The molecule has 2 aromatic rings. The molecule has 0 spiro atoms. The lowest BCUT2D eigenvalue weighted by Crippen LogP contribution is -2.58. The van der Waals surface area contributed by atoms with Crippen molar-refractivity contribution in [1.29, 1.82) is 0 Å². The van der Waals surface area contributed by atoms with Crippen LogP contribution in [0.25, 0.3) is 0 Å². The largest absolute Gasteiger partial charge is 0.490 e. The second-order valence-electron chi connectivity index (χ2n) is 13.1. The molecule has 48 heavy (non-hydrogen) atoms. The predicted molar refractivity (Wildman–Crippen MR) is 182 cm³/mol. The molecular formula is C36H47N3O8S. The van der Waals surface area contributed by atoms with E-state index in [1.165, 1.54) is 16.7 Å². The van der Waals surface area contributed by atoms with Crippen LogP contribution in [0.2, 0.25) is 0 Å². The molecule has 5 rings (SSSR count). The van der Waals surface area contributed by atoms with E-state index in [-0.39, 0.29) is 30.7 Å². The van der Waals surface area contributed by atoms with Gasteiger partial charge in [0.15, 0.2) is 12.4 Å². The highest BCUT2D eigenvalue weighted by Gasteiger charge is 2.50. The van der Waals surface area contributed by atoms with Gasteiger partial charge in [-0.2, -0.15) is 0 Å². The number of aliphatic hydroxyl groups is 1. The number of rotatable bonds is 12. The minimum absolute atomic E-state index is 0.0794. The monoisotopic (exact) mass is 681 g/mol. The van der Waals surface area contributed by atoms with E-state index >= 15 is 0 Å². The van der Waals surface area contributed by atoms with E-state index in [0.29, 0.717) is 25.5 Å². The number of thioether (sulfide) groups is 1. The molecule has 3 heterocycles. The molecule has 2 aromatic carbocycles. The van der Waals surface area contributed by atoms with Crippen molar-refractivity contribution in [2.24, 2.45) is 5.92 Å². The third kappa shape index (κ3) is 8.34. The number of carbonyl (C=O) groups excluding carboxylic acids is 3. The van der Waals surface area contributed by atoms with Crippen molar-refractivity contribution in [2.45, 2.75) is 88.8 Å². The summed E-state index contributed by atoms with van der Waals surface area (Å²) < 4.78 is 22.1. The average molecular weight is 682 g/mol. The van der Waals surface area contributed by atoms with Crippen LogP contribution in [0, 0.1) is 19.8 Å². The number of nitrogens with one attached hydrogen (secondary N) is 2. The van der Waals surface area contributed by atoms with Crippen LogP contribution in [0.1, 0.15) is 48.9 Å². The Bertz CT molecular complexity index is 1450. The maximum absolute atomic E-state index is 14.1. The van der Waals surface area contributed by atoms with Gasteiger partial charge in [0.1, 0.15) is 24.5 Å². The highest BCUT2D eigenvalue weighted by molar-refractivity contribution is 8.00. The number of fused-ring (bicyclic) bond motifs is 1. The van der Waals surface area contributed by atoms with Crippen LogP contribution in [0.15, 0.2) is 55.1 Å². The molecule has 3 aliphatic rings. The molecule has 11 nitrogen and oxygen atoms in total. The number of ether oxygens (including phenoxy) is 4. The van der Waals surface area contributed by atoms with Crippen LogP contribution < -0.4 is 15.4 Å². The molecule has 0 unspecified atom stereocenters. The Morgan fingerprint density at radius 2 is 1.88 bits per heavy atom. The van der Waals surface area contributed by atoms with E-state index in [2.05, 4.69) is 17.2 Å². The van der Waals surface area contributed by atoms with Crippen LogP contribution in [0.3, 0.4) is 0 Å². The molecule has 260 valence electrons. The zero-order chi connectivity index (χ0) is 34.4. The quantitative estimate of drug-likeness (QED) is 0.284. The zero-order valence-corrected chi connectivity index (χ0v) is 28.9. The van der Waals surface area contributed by atoms with Gasteiger partial charge in [-0.15, -0.1) is 11.8 Å². The maximum Gasteiger partial charge on any atom is 0.407 e. The molecule has 3 amide bonds. The maximum atomic E-state index is 14.1. The third-order valence-electron chi connectivity index (χ3n) is 9.32. The first-order valence-electron chi connectivity index (χ1n) is 16.5. The molecule has 6 atom stereocenters. The average Bonchev–Trinajstić information content (AvgIpc) is 3.62.